The Labute approximate surface area is 242 Å². The summed E-state index contributed by atoms with van der Waals surface area (Å²) in [5, 5.41) is 13.0. The molecule has 0 unspecified atom stereocenters. The van der Waals surface area contributed by atoms with Crippen LogP contribution in [0.1, 0.15) is 48.1 Å². The van der Waals surface area contributed by atoms with Gasteiger partial charge in [-0.15, -0.1) is 0 Å². The average molecular weight is 548 g/mol. The van der Waals surface area contributed by atoms with E-state index in [1.807, 2.05) is 4.90 Å². The van der Waals surface area contributed by atoms with Crippen LogP contribution in [0.5, 0.6) is 5.88 Å². The van der Waals surface area contributed by atoms with E-state index in [1.165, 1.54) is 59.3 Å². The van der Waals surface area contributed by atoms with E-state index in [1.54, 1.807) is 0 Å². The van der Waals surface area contributed by atoms with Gasteiger partial charge in [0.05, 0.1) is 24.5 Å². The Morgan fingerprint density at radius 2 is 1.90 bits per heavy atom. The van der Waals surface area contributed by atoms with E-state index < -0.39 is 0 Å². The monoisotopic (exact) mass is 547 g/mol. The molecule has 210 valence electrons. The minimum absolute atomic E-state index is 0.000516. The molecule has 4 aliphatic rings. The molecule has 0 atom stereocenters. The van der Waals surface area contributed by atoms with Crippen LogP contribution >= 0.6 is 0 Å². The molecule has 1 amide bonds. The molecule has 3 aliphatic heterocycles. The highest BCUT2D eigenvalue weighted by molar-refractivity contribution is 5.97. The van der Waals surface area contributed by atoms with Gasteiger partial charge in [0.2, 0.25) is 11.8 Å². The zero-order chi connectivity index (χ0) is 28.1. The number of nitrogens with zero attached hydrogens (tertiary/aromatic N) is 5. The molecule has 7 heteroatoms. The van der Waals surface area contributed by atoms with Crippen molar-refractivity contribution in [3.63, 3.8) is 0 Å². The number of likely N-dealkylation sites (tertiary alicyclic amines) is 1. The van der Waals surface area contributed by atoms with E-state index in [2.05, 4.69) is 65.8 Å². The number of nitriles is 1. The number of aryl methyl sites for hydroxylation is 1. The van der Waals surface area contributed by atoms with Crippen LogP contribution in [0, 0.1) is 29.6 Å². The normalized spacial score (nSPS) is 19.5. The van der Waals surface area contributed by atoms with Gasteiger partial charge in [-0.05, 0) is 55.2 Å². The summed E-state index contributed by atoms with van der Waals surface area (Å²) in [5.41, 5.74) is 6.38. The van der Waals surface area contributed by atoms with Gasteiger partial charge >= 0.3 is 0 Å². The van der Waals surface area contributed by atoms with Gasteiger partial charge in [-0.2, -0.15) is 5.26 Å². The topological polar surface area (TPSA) is 72.7 Å². The van der Waals surface area contributed by atoms with Crippen LogP contribution in [0.4, 0.5) is 11.4 Å². The molecule has 7 nitrogen and oxygen atoms in total. The van der Waals surface area contributed by atoms with Crippen molar-refractivity contribution in [1.29, 1.82) is 5.26 Å². The van der Waals surface area contributed by atoms with E-state index in [0.29, 0.717) is 30.5 Å². The second-order valence-electron chi connectivity index (χ2n) is 12.5. The second-order valence-corrected chi connectivity index (χ2v) is 12.5. The number of ether oxygens (including phenoxy) is 1. The van der Waals surface area contributed by atoms with E-state index in [0.717, 1.165) is 50.5 Å². The first kappa shape index (κ1) is 25.9. The molecule has 1 aromatic heterocycles. The molecule has 1 spiro atoms. The molecule has 41 heavy (non-hydrogen) atoms. The lowest BCUT2D eigenvalue weighted by Crippen LogP contribution is -2.73. The zero-order valence-electron chi connectivity index (χ0n) is 23.9. The number of pyridine rings is 1. The van der Waals surface area contributed by atoms with Crippen molar-refractivity contribution in [2.45, 2.75) is 45.6 Å². The highest BCUT2D eigenvalue weighted by atomic mass is 16.5. The van der Waals surface area contributed by atoms with Gasteiger partial charge in [0.1, 0.15) is 11.6 Å². The maximum absolute atomic E-state index is 12.1. The van der Waals surface area contributed by atoms with Crippen LogP contribution in [-0.2, 0) is 17.8 Å². The Kier molecular flexibility index (Phi) is 6.37. The summed E-state index contributed by atoms with van der Waals surface area (Å²) in [4.78, 5) is 23.8. The van der Waals surface area contributed by atoms with Gasteiger partial charge < -0.3 is 19.4 Å². The number of fused-ring (bicyclic) bond motifs is 2. The van der Waals surface area contributed by atoms with Gasteiger partial charge in [0.15, 0.2) is 0 Å². The third-order valence-corrected chi connectivity index (χ3v) is 9.68. The number of carbonyl (C=O) groups is 1. The number of hydrogen-bond acceptors (Lipinski definition) is 6. The first-order chi connectivity index (χ1) is 20.0. The van der Waals surface area contributed by atoms with Crippen molar-refractivity contribution in [3.8, 4) is 11.9 Å². The predicted octanol–water partition coefficient (Wildman–Crippen LogP) is 5.38. The van der Waals surface area contributed by atoms with E-state index in [-0.39, 0.29) is 11.3 Å². The van der Waals surface area contributed by atoms with Crippen molar-refractivity contribution in [1.82, 2.24) is 9.88 Å². The quantitative estimate of drug-likeness (QED) is 0.386. The fourth-order valence-corrected chi connectivity index (χ4v) is 7.61. The number of anilines is 2. The number of carbonyl (C=O) groups excluding carboxylic acids is 1. The molecule has 1 aliphatic carbocycles. The molecule has 3 fully saturated rings. The highest BCUT2D eigenvalue weighted by Crippen LogP contribution is 2.47. The standard InChI is InChI=1S/C34H37N5O2/c1-3-30(40)38-19-34(20-38)21-39(22-34)32-26-14-15-37(29-13-7-12-25-11-6-8-23(2)31(25)29)17-28(26)36-33(27(32)16-35)41-18-24-9-4-5-10-24/h3,6-8,11-13,24H,1,4-5,9-10,14-15,17-22H2,2H3. The van der Waals surface area contributed by atoms with Gasteiger partial charge in [0.25, 0.3) is 0 Å². The van der Waals surface area contributed by atoms with Crippen LogP contribution in [-0.4, -0.2) is 55.1 Å². The first-order valence-electron chi connectivity index (χ1n) is 15.0. The van der Waals surface area contributed by atoms with Gasteiger partial charge in [-0.1, -0.05) is 49.8 Å². The van der Waals surface area contributed by atoms with Crippen LogP contribution < -0.4 is 14.5 Å². The number of aromatic nitrogens is 1. The second kappa shape index (κ2) is 10.1. The smallest absolute Gasteiger partial charge is 0.245 e. The summed E-state index contributed by atoms with van der Waals surface area (Å²) in [7, 11) is 0. The molecular weight excluding hydrogens is 510 g/mol. The average Bonchev–Trinajstić information content (AvgIpc) is 3.47. The summed E-state index contributed by atoms with van der Waals surface area (Å²) < 4.78 is 6.38. The van der Waals surface area contributed by atoms with Gasteiger partial charge in [0, 0.05) is 54.8 Å². The van der Waals surface area contributed by atoms with E-state index in [9.17, 15) is 10.1 Å². The summed E-state index contributed by atoms with van der Waals surface area (Å²) in [6.45, 7) is 11.2. The summed E-state index contributed by atoms with van der Waals surface area (Å²) in [6, 6.07) is 15.5. The van der Waals surface area contributed by atoms with Gasteiger partial charge in [-0.3, -0.25) is 4.79 Å². The van der Waals surface area contributed by atoms with E-state index >= 15 is 0 Å². The lowest BCUT2D eigenvalue weighted by Gasteiger charge is -2.61. The Morgan fingerprint density at radius 1 is 1.15 bits per heavy atom. The molecule has 0 radical (unpaired) electrons. The lowest BCUT2D eigenvalue weighted by atomic mass is 9.72. The minimum atomic E-state index is -0.000516. The summed E-state index contributed by atoms with van der Waals surface area (Å²) >= 11 is 0. The maximum Gasteiger partial charge on any atom is 0.245 e. The SMILES string of the molecule is C=CC(=O)N1CC2(C1)CN(c1c(C#N)c(OCC3CCCC3)nc3c1CCN(c1cccc4cccc(C)c14)C3)C2. The summed E-state index contributed by atoms with van der Waals surface area (Å²) in [6.07, 6.45) is 7.09. The molecule has 1 saturated carbocycles. The van der Waals surface area contributed by atoms with Crippen molar-refractivity contribution in [3.05, 3.63) is 71.4 Å². The van der Waals surface area contributed by atoms with Crippen molar-refractivity contribution in [2.75, 3.05) is 49.1 Å². The van der Waals surface area contributed by atoms with Crippen molar-refractivity contribution >= 4 is 28.1 Å². The minimum Gasteiger partial charge on any atom is -0.476 e. The largest absolute Gasteiger partial charge is 0.476 e. The maximum atomic E-state index is 12.1. The molecule has 4 heterocycles. The molecule has 2 saturated heterocycles. The van der Waals surface area contributed by atoms with Crippen LogP contribution in [0.15, 0.2) is 49.1 Å². The fourth-order valence-electron chi connectivity index (χ4n) is 7.61. The molecule has 7 rings (SSSR count). The zero-order valence-corrected chi connectivity index (χ0v) is 23.9. The molecule has 0 N–H and O–H groups in total. The van der Waals surface area contributed by atoms with Crippen molar-refractivity contribution < 1.29 is 9.53 Å². The first-order valence-corrected chi connectivity index (χ1v) is 15.0. The molecule has 2 aromatic carbocycles. The Hall–Kier alpha value is -4.05. The third-order valence-electron chi connectivity index (χ3n) is 9.68. The molecule has 0 bridgehead atoms. The number of benzene rings is 2. The molecular formula is C34H37N5O2. The Morgan fingerprint density at radius 3 is 2.63 bits per heavy atom. The Balaban J connectivity index is 1.22. The van der Waals surface area contributed by atoms with Crippen LogP contribution in [0.3, 0.4) is 0 Å². The number of hydrogen-bond donors (Lipinski definition) is 0. The molecule has 3 aromatic rings. The van der Waals surface area contributed by atoms with Crippen LogP contribution in [0.2, 0.25) is 0 Å². The number of amides is 1. The number of rotatable bonds is 6. The highest BCUT2D eigenvalue weighted by Gasteiger charge is 2.54. The lowest BCUT2D eigenvalue weighted by molar-refractivity contribution is -0.139. The van der Waals surface area contributed by atoms with E-state index in [4.69, 9.17) is 9.72 Å². The van der Waals surface area contributed by atoms with Gasteiger partial charge in [-0.25, -0.2) is 4.98 Å². The fraction of sp³-hybridized carbons (Fsp3) is 0.441. The summed E-state index contributed by atoms with van der Waals surface area (Å²) in [5.74, 6) is 1.02. The van der Waals surface area contributed by atoms with Crippen molar-refractivity contribution in [2.24, 2.45) is 11.3 Å². The van der Waals surface area contributed by atoms with Crippen LogP contribution in [0.25, 0.3) is 10.8 Å². The Bertz CT molecular complexity index is 1560. The third kappa shape index (κ3) is 4.41. The predicted molar refractivity (Wildman–Crippen MR) is 161 cm³/mol.